The first-order valence-corrected chi connectivity index (χ1v) is 6.28. The maximum atomic E-state index is 2.51. The maximum Gasteiger partial charge on any atom is 0.0898 e. The van der Waals surface area contributed by atoms with Gasteiger partial charge in [-0.15, -0.1) is 0 Å². The fraction of sp³-hybridized carbons (Fsp3) is 0.846. The lowest BCUT2D eigenvalue weighted by molar-refractivity contribution is 0.207. The van der Waals surface area contributed by atoms with Crippen molar-refractivity contribution in [1.82, 2.24) is 9.80 Å². The van der Waals surface area contributed by atoms with Crippen LogP contribution in [-0.4, -0.2) is 29.1 Å². The van der Waals surface area contributed by atoms with Crippen molar-refractivity contribution >= 4 is 0 Å². The van der Waals surface area contributed by atoms with Gasteiger partial charge in [0.15, 0.2) is 0 Å². The van der Waals surface area contributed by atoms with E-state index in [1.807, 2.05) is 0 Å². The predicted octanol–water partition coefficient (Wildman–Crippen LogP) is 3.27. The Balaban J connectivity index is 2.61. The van der Waals surface area contributed by atoms with Crippen molar-refractivity contribution in [2.45, 2.75) is 53.5 Å². The number of hydrogen-bond acceptors (Lipinski definition) is 2. The van der Waals surface area contributed by atoms with E-state index in [-0.39, 0.29) is 0 Å². The van der Waals surface area contributed by atoms with Crippen molar-refractivity contribution in [1.29, 1.82) is 0 Å². The molecular weight excluding hydrogens is 184 g/mol. The third-order valence-corrected chi connectivity index (χ3v) is 2.99. The minimum atomic E-state index is 0.616. The van der Waals surface area contributed by atoms with E-state index in [9.17, 15) is 0 Å². The van der Waals surface area contributed by atoms with Gasteiger partial charge < -0.3 is 9.80 Å². The zero-order valence-electron chi connectivity index (χ0n) is 11.0. The Morgan fingerprint density at radius 2 is 1.93 bits per heavy atom. The zero-order valence-corrected chi connectivity index (χ0v) is 11.0. The van der Waals surface area contributed by atoms with Crippen molar-refractivity contribution in [2.75, 3.05) is 13.2 Å². The number of hydrogen-bond donors (Lipinski definition) is 0. The summed E-state index contributed by atoms with van der Waals surface area (Å²) < 4.78 is 0. The minimum absolute atomic E-state index is 0.616. The number of allylic oxidation sites excluding steroid dienone is 1. The molecule has 0 spiro atoms. The van der Waals surface area contributed by atoms with E-state index in [1.165, 1.54) is 25.1 Å². The van der Waals surface area contributed by atoms with Gasteiger partial charge in [0.1, 0.15) is 0 Å². The van der Waals surface area contributed by atoms with Gasteiger partial charge in [0.25, 0.3) is 0 Å². The maximum absolute atomic E-state index is 2.51. The summed E-state index contributed by atoms with van der Waals surface area (Å²) in [5.74, 6) is 0.638. The molecule has 2 heteroatoms. The molecule has 88 valence electrons. The van der Waals surface area contributed by atoms with Crippen LogP contribution in [0.25, 0.3) is 0 Å². The standard InChI is InChI=1S/C13H26N2/c1-6-7-8-14-9-13(11(2)3)15(10-14)12(4)5/h9,11-12H,6-8,10H2,1-5H3. The summed E-state index contributed by atoms with van der Waals surface area (Å²) in [4.78, 5) is 4.97. The number of unbranched alkanes of at least 4 members (excludes halogenated alkanes) is 1. The van der Waals surface area contributed by atoms with Gasteiger partial charge in [-0.05, 0) is 26.2 Å². The van der Waals surface area contributed by atoms with E-state index in [0.29, 0.717) is 12.0 Å². The summed E-state index contributed by atoms with van der Waals surface area (Å²) in [6, 6.07) is 0.616. The summed E-state index contributed by atoms with van der Waals surface area (Å²) >= 11 is 0. The fourth-order valence-corrected chi connectivity index (χ4v) is 2.02. The van der Waals surface area contributed by atoms with Crippen LogP contribution in [0.5, 0.6) is 0 Å². The molecule has 1 aliphatic heterocycles. The molecule has 1 aliphatic rings. The van der Waals surface area contributed by atoms with E-state index in [0.717, 1.165) is 6.67 Å². The normalized spacial score (nSPS) is 16.9. The smallest absolute Gasteiger partial charge is 0.0898 e. The van der Waals surface area contributed by atoms with Crippen LogP contribution in [0.15, 0.2) is 11.9 Å². The van der Waals surface area contributed by atoms with Crippen LogP contribution in [0.2, 0.25) is 0 Å². The van der Waals surface area contributed by atoms with E-state index in [2.05, 4.69) is 50.6 Å². The van der Waals surface area contributed by atoms with Crippen molar-refractivity contribution in [3.63, 3.8) is 0 Å². The molecule has 0 amide bonds. The molecule has 0 aromatic heterocycles. The quantitative estimate of drug-likeness (QED) is 0.687. The molecule has 0 unspecified atom stereocenters. The lowest BCUT2D eigenvalue weighted by atomic mass is 10.1. The van der Waals surface area contributed by atoms with Crippen LogP contribution in [-0.2, 0) is 0 Å². The Hall–Kier alpha value is -0.660. The van der Waals surface area contributed by atoms with Gasteiger partial charge in [0, 0.05) is 24.5 Å². The highest BCUT2D eigenvalue weighted by Gasteiger charge is 2.24. The molecule has 15 heavy (non-hydrogen) atoms. The van der Waals surface area contributed by atoms with Crippen LogP contribution in [0.1, 0.15) is 47.5 Å². The van der Waals surface area contributed by atoms with Crippen LogP contribution < -0.4 is 0 Å². The summed E-state index contributed by atoms with van der Waals surface area (Å²) in [7, 11) is 0. The lowest BCUT2D eigenvalue weighted by Gasteiger charge is -2.29. The van der Waals surface area contributed by atoms with E-state index >= 15 is 0 Å². The summed E-state index contributed by atoms with van der Waals surface area (Å²) in [5, 5.41) is 0. The van der Waals surface area contributed by atoms with Gasteiger partial charge >= 0.3 is 0 Å². The minimum Gasteiger partial charge on any atom is -0.358 e. The molecule has 1 heterocycles. The first-order valence-electron chi connectivity index (χ1n) is 6.28. The Labute approximate surface area is 94.9 Å². The first kappa shape index (κ1) is 12.4. The zero-order chi connectivity index (χ0) is 11.4. The Kier molecular flexibility index (Phi) is 4.49. The first-order chi connectivity index (χ1) is 7.06. The molecule has 0 atom stereocenters. The van der Waals surface area contributed by atoms with Gasteiger partial charge in [0.05, 0.1) is 6.67 Å². The Bertz CT molecular complexity index is 219. The second-order valence-electron chi connectivity index (χ2n) is 5.08. The van der Waals surface area contributed by atoms with Gasteiger partial charge in [0.2, 0.25) is 0 Å². The molecule has 0 radical (unpaired) electrons. The van der Waals surface area contributed by atoms with Crippen LogP contribution >= 0.6 is 0 Å². The molecule has 0 aromatic carbocycles. The molecule has 1 rings (SSSR count). The highest BCUT2D eigenvalue weighted by Crippen LogP contribution is 2.25. The average Bonchev–Trinajstić information content (AvgIpc) is 2.58. The second kappa shape index (κ2) is 5.43. The van der Waals surface area contributed by atoms with Gasteiger partial charge in [-0.3, -0.25) is 0 Å². The Morgan fingerprint density at radius 1 is 1.27 bits per heavy atom. The molecule has 0 N–H and O–H groups in total. The summed E-state index contributed by atoms with van der Waals surface area (Å²) in [6.07, 6.45) is 4.94. The summed E-state index contributed by atoms with van der Waals surface area (Å²) in [5.41, 5.74) is 1.50. The van der Waals surface area contributed by atoms with Gasteiger partial charge in [-0.2, -0.15) is 0 Å². The van der Waals surface area contributed by atoms with Crippen LogP contribution in [0.3, 0.4) is 0 Å². The molecule has 0 fully saturated rings. The van der Waals surface area contributed by atoms with Crippen molar-refractivity contribution in [3.05, 3.63) is 11.9 Å². The molecule has 2 nitrogen and oxygen atoms in total. The molecule has 0 saturated carbocycles. The molecule has 0 aromatic rings. The van der Waals surface area contributed by atoms with E-state index in [1.54, 1.807) is 0 Å². The largest absolute Gasteiger partial charge is 0.358 e. The topological polar surface area (TPSA) is 6.48 Å². The van der Waals surface area contributed by atoms with Gasteiger partial charge in [-0.25, -0.2) is 0 Å². The third kappa shape index (κ3) is 3.15. The van der Waals surface area contributed by atoms with E-state index < -0.39 is 0 Å². The van der Waals surface area contributed by atoms with Crippen LogP contribution in [0, 0.1) is 5.92 Å². The average molecular weight is 210 g/mol. The predicted molar refractivity (Wildman–Crippen MR) is 66.4 cm³/mol. The molecular formula is C13H26N2. The van der Waals surface area contributed by atoms with Gasteiger partial charge in [-0.1, -0.05) is 27.2 Å². The SMILES string of the molecule is CCCCN1C=C(C(C)C)N(C(C)C)C1. The molecule has 0 aliphatic carbocycles. The molecule has 0 bridgehead atoms. The third-order valence-electron chi connectivity index (χ3n) is 2.99. The second-order valence-corrected chi connectivity index (χ2v) is 5.08. The van der Waals surface area contributed by atoms with Crippen molar-refractivity contribution in [3.8, 4) is 0 Å². The number of rotatable bonds is 5. The highest BCUT2D eigenvalue weighted by molar-refractivity contribution is 5.09. The van der Waals surface area contributed by atoms with Crippen molar-refractivity contribution in [2.24, 2.45) is 5.92 Å². The highest BCUT2D eigenvalue weighted by atomic mass is 15.4. The van der Waals surface area contributed by atoms with E-state index in [4.69, 9.17) is 0 Å². The Morgan fingerprint density at radius 3 is 2.33 bits per heavy atom. The summed E-state index contributed by atoms with van der Waals surface area (Å²) in [6.45, 7) is 13.7. The number of nitrogens with zero attached hydrogens (tertiary/aromatic N) is 2. The fourth-order valence-electron chi connectivity index (χ4n) is 2.02. The van der Waals surface area contributed by atoms with Crippen LogP contribution in [0.4, 0.5) is 0 Å². The lowest BCUT2D eigenvalue weighted by Crippen LogP contribution is -2.33. The molecule has 0 saturated heterocycles. The van der Waals surface area contributed by atoms with Crippen molar-refractivity contribution < 1.29 is 0 Å². The monoisotopic (exact) mass is 210 g/mol.